The molecule has 7 nitrogen and oxygen atoms in total. The molecule has 1 aromatic carbocycles. The molecule has 0 spiro atoms. The molecule has 1 aliphatic rings. The fraction of sp³-hybridized carbons (Fsp3) is 0.556. The highest BCUT2D eigenvalue weighted by Gasteiger charge is 2.40. The molecule has 0 bridgehead atoms. The number of piperazine rings is 1. The summed E-state index contributed by atoms with van der Waals surface area (Å²) >= 11 is 6.09. The first-order valence-corrected chi connectivity index (χ1v) is 8.79. The van der Waals surface area contributed by atoms with Crippen LogP contribution in [0, 0.1) is 5.41 Å². The number of benzene rings is 1. The highest BCUT2D eigenvalue weighted by Crippen LogP contribution is 2.36. The molecule has 0 aromatic heterocycles. The van der Waals surface area contributed by atoms with Gasteiger partial charge in [0.25, 0.3) is 0 Å². The van der Waals surface area contributed by atoms with Gasteiger partial charge >= 0.3 is 0 Å². The average Bonchev–Trinajstić information content (AvgIpc) is 2.62. The van der Waals surface area contributed by atoms with Crippen LogP contribution in [0.3, 0.4) is 0 Å². The predicted molar refractivity (Wildman–Crippen MR) is 101 cm³/mol. The standard InChI is InChI=1S/C18H26ClN3O4/c1-18(2,17(24)22-8-6-21(3)7-9-22)16(23)20-13-11-14(25-4)12(19)10-15(13)26-5/h10-11H,6-9H2,1-5H3,(H,20,23). The second-order valence-electron chi connectivity index (χ2n) is 6.86. The molecule has 1 fully saturated rings. The minimum Gasteiger partial charge on any atom is -0.495 e. The van der Waals surface area contributed by atoms with E-state index in [0.29, 0.717) is 35.3 Å². The highest BCUT2D eigenvalue weighted by atomic mass is 35.5. The van der Waals surface area contributed by atoms with Crippen LogP contribution in [-0.2, 0) is 9.59 Å². The van der Waals surface area contributed by atoms with E-state index in [1.54, 1.807) is 30.9 Å². The second kappa shape index (κ2) is 8.14. The van der Waals surface area contributed by atoms with Gasteiger partial charge in [-0.25, -0.2) is 0 Å². The Kier molecular flexibility index (Phi) is 6.36. The van der Waals surface area contributed by atoms with Crippen molar-refractivity contribution in [2.45, 2.75) is 13.8 Å². The number of amides is 2. The van der Waals surface area contributed by atoms with Crippen molar-refractivity contribution in [3.63, 3.8) is 0 Å². The van der Waals surface area contributed by atoms with Gasteiger partial charge in [-0.3, -0.25) is 9.59 Å². The van der Waals surface area contributed by atoms with Crippen LogP contribution in [0.25, 0.3) is 0 Å². The Morgan fingerprint density at radius 2 is 1.65 bits per heavy atom. The molecule has 0 radical (unpaired) electrons. The molecule has 2 amide bonds. The molecule has 26 heavy (non-hydrogen) atoms. The van der Waals surface area contributed by atoms with E-state index < -0.39 is 11.3 Å². The smallest absolute Gasteiger partial charge is 0.239 e. The third kappa shape index (κ3) is 4.22. The van der Waals surface area contributed by atoms with Gasteiger partial charge < -0.3 is 24.6 Å². The molecule has 1 aliphatic heterocycles. The zero-order chi connectivity index (χ0) is 19.5. The minimum atomic E-state index is -1.21. The van der Waals surface area contributed by atoms with Crippen molar-refractivity contribution in [2.75, 3.05) is 52.8 Å². The summed E-state index contributed by atoms with van der Waals surface area (Å²) in [7, 11) is 4.98. The van der Waals surface area contributed by atoms with Gasteiger partial charge in [-0.1, -0.05) is 11.6 Å². The van der Waals surface area contributed by atoms with Crippen LogP contribution in [0.1, 0.15) is 13.8 Å². The van der Waals surface area contributed by atoms with Crippen LogP contribution in [0.5, 0.6) is 11.5 Å². The molecule has 2 rings (SSSR count). The average molecular weight is 384 g/mol. The highest BCUT2D eigenvalue weighted by molar-refractivity contribution is 6.32. The maximum Gasteiger partial charge on any atom is 0.239 e. The second-order valence-corrected chi connectivity index (χ2v) is 7.27. The zero-order valence-electron chi connectivity index (χ0n) is 15.9. The number of likely N-dealkylation sites (N-methyl/N-ethyl adjacent to an activating group) is 1. The van der Waals surface area contributed by atoms with Gasteiger partial charge in [0.2, 0.25) is 11.8 Å². The lowest BCUT2D eigenvalue weighted by molar-refractivity contribution is -0.147. The van der Waals surface area contributed by atoms with Crippen LogP contribution < -0.4 is 14.8 Å². The van der Waals surface area contributed by atoms with Crippen molar-refractivity contribution >= 4 is 29.1 Å². The summed E-state index contributed by atoms with van der Waals surface area (Å²) in [4.78, 5) is 29.6. The molecule has 0 atom stereocenters. The zero-order valence-corrected chi connectivity index (χ0v) is 16.6. The number of hydrogen-bond acceptors (Lipinski definition) is 5. The third-order valence-corrected chi connectivity index (χ3v) is 4.91. The fourth-order valence-electron chi connectivity index (χ4n) is 2.74. The number of methoxy groups -OCH3 is 2. The van der Waals surface area contributed by atoms with Gasteiger partial charge in [-0.05, 0) is 20.9 Å². The van der Waals surface area contributed by atoms with E-state index in [0.717, 1.165) is 13.1 Å². The Morgan fingerprint density at radius 3 is 2.19 bits per heavy atom. The van der Waals surface area contributed by atoms with E-state index in [1.165, 1.54) is 14.2 Å². The first-order valence-electron chi connectivity index (χ1n) is 8.41. The maximum atomic E-state index is 12.9. The topological polar surface area (TPSA) is 71.1 Å². The molecule has 0 unspecified atom stereocenters. The summed E-state index contributed by atoms with van der Waals surface area (Å²) < 4.78 is 10.5. The first kappa shape index (κ1) is 20.3. The first-order chi connectivity index (χ1) is 12.2. The van der Waals surface area contributed by atoms with Gasteiger partial charge in [0.15, 0.2) is 0 Å². The molecule has 0 aliphatic carbocycles. The third-order valence-electron chi connectivity index (χ3n) is 4.61. The number of hydrogen-bond donors (Lipinski definition) is 1. The summed E-state index contributed by atoms with van der Waals surface area (Å²) in [5.74, 6) is 0.199. The van der Waals surface area contributed by atoms with Crippen molar-refractivity contribution in [3.8, 4) is 11.5 Å². The lowest BCUT2D eigenvalue weighted by Crippen LogP contribution is -2.53. The number of nitrogens with one attached hydrogen (secondary N) is 1. The number of carbonyl (C=O) groups excluding carboxylic acids is 2. The molecule has 1 heterocycles. The largest absolute Gasteiger partial charge is 0.495 e. The predicted octanol–water partition coefficient (Wildman–Crippen LogP) is 2.10. The molecule has 0 saturated carbocycles. The van der Waals surface area contributed by atoms with E-state index in [-0.39, 0.29) is 5.91 Å². The lowest BCUT2D eigenvalue weighted by atomic mass is 9.89. The molecule has 8 heteroatoms. The molecular formula is C18H26ClN3O4. The van der Waals surface area contributed by atoms with E-state index in [2.05, 4.69) is 10.2 Å². The number of carbonyl (C=O) groups is 2. The molecule has 1 saturated heterocycles. The molecule has 144 valence electrons. The minimum absolute atomic E-state index is 0.192. The molecular weight excluding hydrogens is 358 g/mol. The van der Waals surface area contributed by atoms with Gasteiger partial charge in [0, 0.05) is 38.3 Å². The van der Waals surface area contributed by atoms with E-state index in [1.807, 2.05) is 7.05 Å². The Bertz CT molecular complexity index is 685. The summed E-state index contributed by atoms with van der Waals surface area (Å²) in [6.07, 6.45) is 0. The van der Waals surface area contributed by atoms with E-state index in [4.69, 9.17) is 21.1 Å². The fourth-order valence-corrected chi connectivity index (χ4v) is 2.97. The van der Waals surface area contributed by atoms with Crippen molar-refractivity contribution in [1.82, 2.24) is 9.80 Å². The van der Waals surface area contributed by atoms with Gasteiger partial charge in [-0.2, -0.15) is 0 Å². The number of halogens is 1. The molecule has 1 N–H and O–H groups in total. The SMILES string of the molecule is COc1cc(NC(=O)C(C)(C)C(=O)N2CCN(C)CC2)c(OC)cc1Cl. The van der Waals surface area contributed by atoms with Gasteiger partial charge in [0.1, 0.15) is 16.9 Å². The van der Waals surface area contributed by atoms with Crippen LogP contribution in [-0.4, -0.2) is 69.1 Å². The van der Waals surface area contributed by atoms with Gasteiger partial charge in [0.05, 0.1) is 24.9 Å². The number of rotatable bonds is 5. The van der Waals surface area contributed by atoms with E-state index >= 15 is 0 Å². The Balaban J connectivity index is 2.18. The summed E-state index contributed by atoms with van der Waals surface area (Å²) in [6, 6.07) is 3.14. The normalized spacial score (nSPS) is 15.5. The maximum absolute atomic E-state index is 12.9. The Labute approximate surface area is 159 Å². The Morgan fingerprint density at radius 1 is 1.08 bits per heavy atom. The Hall–Kier alpha value is -1.99. The van der Waals surface area contributed by atoms with Crippen molar-refractivity contribution in [2.24, 2.45) is 5.41 Å². The van der Waals surface area contributed by atoms with E-state index in [9.17, 15) is 9.59 Å². The monoisotopic (exact) mass is 383 g/mol. The number of ether oxygens (including phenoxy) is 2. The summed E-state index contributed by atoms with van der Waals surface area (Å²) in [6.45, 7) is 6.08. The van der Waals surface area contributed by atoms with Crippen molar-refractivity contribution in [1.29, 1.82) is 0 Å². The van der Waals surface area contributed by atoms with Crippen molar-refractivity contribution in [3.05, 3.63) is 17.2 Å². The van der Waals surface area contributed by atoms with Crippen LogP contribution in [0.2, 0.25) is 5.02 Å². The van der Waals surface area contributed by atoms with Crippen LogP contribution in [0.4, 0.5) is 5.69 Å². The molecule has 1 aromatic rings. The summed E-state index contributed by atoms with van der Waals surface area (Å²) in [5.41, 5.74) is -0.814. The number of anilines is 1. The number of nitrogens with zero attached hydrogens (tertiary/aromatic N) is 2. The quantitative estimate of drug-likeness (QED) is 0.788. The van der Waals surface area contributed by atoms with Gasteiger partial charge in [-0.15, -0.1) is 0 Å². The van der Waals surface area contributed by atoms with Crippen molar-refractivity contribution < 1.29 is 19.1 Å². The van der Waals surface area contributed by atoms with Crippen LogP contribution in [0.15, 0.2) is 12.1 Å². The summed E-state index contributed by atoms with van der Waals surface area (Å²) in [5, 5.41) is 3.14. The lowest BCUT2D eigenvalue weighted by Gasteiger charge is -2.36. The van der Waals surface area contributed by atoms with Crippen LogP contribution >= 0.6 is 11.6 Å².